The van der Waals surface area contributed by atoms with E-state index in [-0.39, 0.29) is 11.5 Å². The van der Waals surface area contributed by atoms with Gasteiger partial charge in [-0.15, -0.1) is 21.5 Å². The maximum absolute atomic E-state index is 12.4. The lowest BCUT2D eigenvalue weighted by Gasteiger charge is -2.23. The molecule has 1 N–H and O–H groups in total. The molecule has 1 amide bonds. The van der Waals surface area contributed by atoms with E-state index in [1.54, 1.807) is 11.6 Å². The van der Waals surface area contributed by atoms with Crippen molar-refractivity contribution in [2.75, 3.05) is 19.6 Å². The highest BCUT2D eigenvalue weighted by molar-refractivity contribution is 7.17. The molecular weight excluding hydrogens is 412 g/mol. The Balaban J connectivity index is 1.13. The topological polar surface area (TPSA) is 84.5 Å². The summed E-state index contributed by atoms with van der Waals surface area (Å²) in [6.45, 7) is 3.10. The quantitative estimate of drug-likeness (QED) is 0.607. The van der Waals surface area contributed by atoms with Crippen LogP contribution in [-0.4, -0.2) is 55.6 Å². The van der Waals surface area contributed by atoms with Gasteiger partial charge in [-0.2, -0.15) is 0 Å². The number of nitrogens with one attached hydrogen (secondary N) is 1. The van der Waals surface area contributed by atoms with Crippen molar-refractivity contribution in [3.8, 4) is 0 Å². The highest BCUT2D eigenvalue weighted by Crippen LogP contribution is 2.28. The van der Waals surface area contributed by atoms with Crippen LogP contribution in [0.3, 0.4) is 0 Å². The Kier molecular flexibility index (Phi) is 5.79. The van der Waals surface area contributed by atoms with Gasteiger partial charge in [0.1, 0.15) is 10.5 Å². The number of aryl methyl sites for hydroxylation is 2. The molecule has 0 radical (unpaired) electrons. The van der Waals surface area contributed by atoms with Crippen molar-refractivity contribution in [2.24, 2.45) is 13.0 Å². The van der Waals surface area contributed by atoms with Crippen molar-refractivity contribution in [1.82, 2.24) is 29.4 Å². The molecule has 1 unspecified atom stereocenters. The van der Waals surface area contributed by atoms with Crippen LogP contribution in [-0.2, 0) is 18.3 Å². The Morgan fingerprint density at radius 1 is 1.26 bits per heavy atom. The summed E-state index contributed by atoms with van der Waals surface area (Å²) in [5, 5.41) is 13.6. The second-order valence-electron chi connectivity index (χ2n) is 9.00. The fraction of sp³-hybridized carbons (Fsp3) is 0.636. The van der Waals surface area contributed by atoms with Gasteiger partial charge in [0.2, 0.25) is 11.7 Å². The SMILES string of the molecule is Cn1c(=O)c2sccc2n2c(CCCC(=O)NCC3CCN(C4CCCC4)C3)nnc12. The summed E-state index contributed by atoms with van der Waals surface area (Å²) in [5.74, 6) is 2.03. The van der Waals surface area contributed by atoms with Gasteiger partial charge >= 0.3 is 0 Å². The third-order valence-corrected chi connectivity index (χ3v) is 7.84. The molecule has 8 nitrogen and oxygen atoms in total. The Morgan fingerprint density at radius 2 is 2.10 bits per heavy atom. The van der Waals surface area contributed by atoms with Crippen LogP contribution in [0.25, 0.3) is 16.0 Å². The van der Waals surface area contributed by atoms with E-state index >= 15 is 0 Å². The van der Waals surface area contributed by atoms with Gasteiger partial charge in [-0.05, 0) is 49.6 Å². The zero-order valence-electron chi connectivity index (χ0n) is 18.0. The van der Waals surface area contributed by atoms with Gasteiger partial charge < -0.3 is 10.2 Å². The van der Waals surface area contributed by atoms with Crippen LogP contribution in [0, 0.1) is 5.92 Å². The lowest BCUT2D eigenvalue weighted by molar-refractivity contribution is -0.121. The van der Waals surface area contributed by atoms with Crippen molar-refractivity contribution in [1.29, 1.82) is 0 Å². The number of thiophene rings is 1. The Bertz CT molecular complexity index is 1140. The van der Waals surface area contributed by atoms with Gasteiger partial charge in [-0.25, -0.2) is 0 Å². The number of amides is 1. The third kappa shape index (κ3) is 4.01. The number of rotatable bonds is 7. The highest BCUT2D eigenvalue weighted by atomic mass is 32.1. The van der Waals surface area contributed by atoms with E-state index in [1.807, 2.05) is 15.8 Å². The number of carbonyl (C=O) groups excluding carboxylic acids is 1. The van der Waals surface area contributed by atoms with E-state index in [0.717, 1.165) is 30.5 Å². The first kappa shape index (κ1) is 20.6. The smallest absolute Gasteiger partial charge is 0.272 e. The Hall–Kier alpha value is -2.26. The monoisotopic (exact) mass is 442 g/mol. The number of nitrogens with zero attached hydrogens (tertiary/aromatic N) is 5. The normalized spacial score (nSPS) is 20.4. The van der Waals surface area contributed by atoms with E-state index in [4.69, 9.17) is 0 Å². The standard InChI is InChI=1S/C22H30N6O2S/c1-26-21(30)20-17(10-12-31-20)28-18(24-25-22(26)28)7-4-8-19(29)23-13-15-9-11-27(14-15)16-5-2-3-6-16/h10,12,15-16H,2-9,11,13-14H2,1H3,(H,23,29). The van der Waals surface area contributed by atoms with Crippen LogP contribution in [0.2, 0.25) is 0 Å². The Labute approximate surface area is 185 Å². The molecule has 3 aromatic heterocycles. The first-order valence-corrected chi connectivity index (χ1v) is 12.3. The van der Waals surface area contributed by atoms with Crippen LogP contribution < -0.4 is 10.9 Å². The fourth-order valence-corrected chi connectivity index (χ4v) is 6.05. The summed E-state index contributed by atoms with van der Waals surface area (Å²) in [5.41, 5.74) is 0.801. The number of hydrogen-bond acceptors (Lipinski definition) is 6. The summed E-state index contributed by atoms with van der Waals surface area (Å²) in [6.07, 6.45) is 8.47. The van der Waals surface area contributed by atoms with E-state index in [2.05, 4.69) is 20.4 Å². The Morgan fingerprint density at radius 3 is 2.94 bits per heavy atom. The number of fused-ring (bicyclic) bond motifs is 3. The molecule has 31 heavy (non-hydrogen) atoms. The predicted molar refractivity (Wildman–Crippen MR) is 121 cm³/mol. The highest BCUT2D eigenvalue weighted by Gasteiger charge is 2.29. The van der Waals surface area contributed by atoms with Crippen LogP contribution >= 0.6 is 11.3 Å². The van der Waals surface area contributed by atoms with Gasteiger partial charge in [0.25, 0.3) is 5.56 Å². The van der Waals surface area contributed by atoms with Gasteiger partial charge in [0.05, 0.1) is 5.52 Å². The largest absolute Gasteiger partial charge is 0.356 e. The van der Waals surface area contributed by atoms with Gasteiger partial charge in [-0.1, -0.05) is 12.8 Å². The molecule has 1 aliphatic carbocycles. The number of hydrogen-bond donors (Lipinski definition) is 1. The van der Waals surface area contributed by atoms with Gasteiger partial charge in [-0.3, -0.25) is 18.6 Å². The lowest BCUT2D eigenvalue weighted by atomic mass is 10.1. The second-order valence-corrected chi connectivity index (χ2v) is 9.91. The van der Waals surface area contributed by atoms with Crippen LogP contribution in [0.5, 0.6) is 0 Å². The maximum atomic E-state index is 12.4. The lowest BCUT2D eigenvalue weighted by Crippen LogP contribution is -2.34. The van der Waals surface area contributed by atoms with Gasteiger partial charge in [0, 0.05) is 39.0 Å². The molecule has 166 valence electrons. The van der Waals surface area contributed by atoms with Crippen LogP contribution in [0.4, 0.5) is 0 Å². The third-order valence-electron chi connectivity index (χ3n) is 6.95. The van der Waals surface area contributed by atoms with E-state index in [1.165, 1.54) is 50.0 Å². The molecular formula is C22H30N6O2S. The molecule has 1 saturated carbocycles. The molecule has 9 heteroatoms. The molecule has 3 aromatic rings. The summed E-state index contributed by atoms with van der Waals surface area (Å²) >= 11 is 1.43. The van der Waals surface area contributed by atoms with E-state index in [0.29, 0.717) is 35.7 Å². The molecule has 1 aliphatic heterocycles. The second kappa shape index (κ2) is 8.70. The number of likely N-dealkylation sites (tertiary alicyclic amines) is 1. The predicted octanol–water partition coefficient (Wildman–Crippen LogP) is 2.35. The summed E-state index contributed by atoms with van der Waals surface area (Å²) in [6, 6.07) is 2.72. The summed E-state index contributed by atoms with van der Waals surface area (Å²) in [7, 11) is 1.72. The molecule has 4 heterocycles. The summed E-state index contributed by atoms with van der Waals surface area (Å²) in [4.78, 5) is 27.5. The van der Waals surface area contributed by atoms with Crippen LogP contribution in [0.15, 0.2) is 16.2 Å². The molecule has 0 aromatic carbocycles. The van der Waals surface area contributed by atoms with Crippen molar-refractivity contribution in [3.63, 3.8) is 0 Å². The van der Waals surface area contributed by atoms with Crippen molar-refractivity contribution in [2.45, 2.75) is 57.4 Å². The molecule has 0 spiro atoms. The zero-order chi connectivity index (χ0) is 21.4. The molecule has 1 atom stereocenters. The zero-order valence-corrected chi connectivity index (χ0v) is 18.9. The molecule has 5 rings (SSSR count). The summed E-state index contributed by atoms with van der Waals surface area (Å²) < 4.78 is 4.19. The maximum Gasteiger partial charge on any atom is 0.272 e. The van der Waals surface area contributed by atoms with E-state index in [9.17, 15) is 9.59 Å². The minimum absolute atomic E-state index is 0.0470. The van der Waals surface area contributed by atoms with E-state index < -0.39 is 0 Å². The first-order chi connectivity index (χ1) is 15.1. The molecule has 2 aliphatic rings. The van der Waals surface area contributed by atoms with Crippen molar-refractivity contribution in [3.05, 3.63) is 27.6 Å². The first-order valence-electron chi connectivity index (χ1n) is 11.4. The average molecular weight is 443 g/mol. The van der Waals surface area contributed by atoms with Crippen molar-refractivity contribution < 1.29 is 4.79 Å². The minimum atomic E-state index is -0.0470. The number of carbonyl (C=O) groups is 1. The average Bonchev–Trinajstić information content (AvgIpc) is 3.55. The molecule has 0 bridgehead atoms. The minimum Gasteiger partial charge on any atom is -0.356 e. The number of aromatic nitrogens is 4. The van der Waals surface area contributed by atoms with Gasteiger partial charge in [0.15, 0.2) is 0 Å². The van der Waals surface area contributed by atoms with Crippen molar-refractivity contribution >= 4 is 33.2 Å². The molecule has 1 saturated heterocycles. The van der Waals surface area contributed by atoms with Crippen LogP contribution in [0.1, 0.15) is 50.8 Å². The fourth-order valence-electron chi connectivity index (χ4n) is 5.20. The molecule has 2 fully saturated rings.